The van der Waals surface area contributed by atoms with Crippen molar-refractivity contribution in [3.8, 4) is 51.7 Å². The van der Waals surface area contributed by atoms with E-state index in [0.29, 0.717) is 28.5 Å². The summed E-state index contributed by atoms with van der Waals surface area (Å²) >= 11 is 0. The van der Waals surface area contributed by atoms with Crippen LogP contribution in [0.25, 0.3) is 88.2 Å². The quantitative estimate of drug-likeness (QED) is 0.179. The highest BCUT2D eigenvalue weighted by atomic mass is 16.3. The Balaban J connectivity index is 1.34. The van der Waals surface area contributed by atoms with Gasteiger partial charge in [0, 0.05) is 32.7 Å². The number of nitrogens with zero attached hydrogens (tertiary/aromatic N) is 6. The zero-order valence-electron chi connectivity index (χ0n) is 26.3. The zero-order valence-corrected chi connectivity index (χ0v) is 26.3. The molecular formula is C43H22N6O. The Kier molecular flexibility index (Phi) is 6.49. The number of hydrogen-bond donors (Lipinski definition) is 0. The first-order valence-electron chi connectivity index (χ1n) is 15.9. The van der Waals surface area contributed by atoms with Gasteiger partial charge in [-0.2, -0.15) is 10.5 Å². The number of rotatable bonds is 4. The van der Waals surface area contributed by atoms with Gasteiger partial charge in [0.2, 0.25) is 5.69 Å². The van der Waals surface area contributed by atoms with Crippen LogP contribution >= 0.6 is 0 Å². The molecule has 0 radical (unpaired) electrons. The van der Waals surface area contributed by atoms with Gasteiger partial charge in [-0.1, -0.05) is 97.1 Å². The van der Waals surface area contributed by atoms with Gasteiger partial charge >= 0.3 is 0 Å². The molecule has 0 aliphatic carbocycles. The minimum Gasteiger partial charge on any atom is -0.456 e. The predicted molar refractivity (Wildman–Crippen MR) is 196 cm³/mol. The van der Waals surface area contributed by atoms with Gasteiger partial charge in [-0.15, -0.1) is 0 Å². The number of aromatic nitrogens is 3. The fraction of sp³-hybridized carbons (Fsp3) is 0. The van der Waals surface area contributed by atoms with E-state index < -0.39 is 0 Å². The monoisotopic (exact) mass is 638 g/mol. The van der Waals surface area contributed by atoms with E-state index in [1.165, 1.54) is 0 Å². The average Bonchev–Trinajstić information content (AvgIpc) is 3.71. The highest BCUT2D eigenvalue weighted by Crippen LogP contribution is 2.43. The van der Waals surface area contributed by atoms with Crippen molar-refractivity contribution in [2.75, 3.05) is 0 Å². The maximum absolute atomic E-state index is 10.7. The molecule has 50 heavy (non-hydrogen) atoms. The number of furan rings is 1. The molecule has 0 fully saturated rings. The van der Waals surface area contributed by atoms with E-state index in [-0.39, 0.29) is 16.8 Å². The SMILES string of the molecule is [C-]#[N+]c1cc(-c2nc(-c3ccccc3)nc(-c3ccccc3)c2C#N)cc(C#N)c1-n1c2ccccc2c2cc3oc4ccccc4c3cc21. The van der Waals surface area contributed by atoms with Gasteiger partial charge in [0.05, 0.1) is 46.3 Å². The highest BCUT2D eigenvalue weighted by molar-refractivity contribution is 6.17. The number of hydrogen-bond acceptors (Lipinski definition) is 5. The van der Waals surface area contributed by atoms with Crippen molar-refractivity contribution in [2.45, 2.75) is 0 Å². The number of fused-ring (bicyclic) bond motifs is 6. The van der Waals surface area contributed by atoms with Gasteiger partial charge in [-0.25, -0.2) is 14.8 Å². The Hall–Kier alpha value is -7.53. The van der Waals surface area contributed by atoms with E-state index in [1.54, 1.807) is 12.1 Å². The van der Waals surface area contributed by atoms with Crippen LogP contribution in [0.2, 0.25) is 0 Å². The largest absolute Gasteiger partial charge is 0.456 e. The molecule has 7 nitrogen and oxygen atoms in total. The van der Waals surface area contributed by atoms with Crippen LogP contribution in [0.5, 0.6) is 0 Å². The minimum absolute atomic E-state index is 0.254. The molecule has 0 aliphatic rings. The lowest BCUT2D eigenvalue weighted by Gasteiger charge is -2.16. The molecule has 0 N–H and O–H groups in total. The number of nitriles is 2. The predicted octanol–water partition coefficient (Wildman–Crippen LogP) is 10.8. The molecule has 0 saturated heterocycles. The lowest BCUT2D eigenvalue weighted by Crippen LogP contribution is -2.03. The highest BCUT2D eigenvalue weighted by Gasteiger charge is 2.24. The van der Waals surface area contributed by atoms with Gasteiger partial charge in [0.1, 0.15) is 22.8 Å². The van der Waals surface area contributed by atoms with Crippen LogP contribution in [-0.2, 0) is 0 Å². The third kappa shape index (κ3) is 4.34. The maximum Gasteiger partial charge on any atom is 0.212 e. The fourth-order valence-electron chi connectivity index (χ4n) is 6.89. The van der Waals surface area contributed by atoms with Crippen molar-refractivity contribution in [3.63, 3.8) is 0 Å². The number of benzene rings is 6. The summed E-state index contributed by atoms with van der Waals surface area (Å²) in [6, 6.07) is 47.2. The first-order valence-corrected chi connectivity index (χ1v) is 15.9. The van der Waals surface area contributed by atoms with Crippen LogP contribution in [0.15, 0.2) is 138 Å². The van der Waals surface area contributed by atoms with Crippen LogP contribution in [0.1, 0.15) is 11.1 Å². The van der Waals surface area contributed by atoms with Crippen molar-refractivity contribution < 1.29 is 4.42 Å². The summed E-state index contributed by atoms with van der Waals surface area (Å²) < 4.78 is 8.23. The molecule has 0 bridgehead atoms. The van der Waals surface area contributed by atoms with E-state index in [9.17, 15) is 10.5 Å². The van der Waals surface area contributed by atoms with E-state index in [1.807, 2.05) is 120 Å². The standard InChI is InChI=1S/C43H22N6O/c1-46-35-21-28(41-34(25-45)40(26-12-4-2-5-13-26)47-43(48-41)27-14-6-3-7-15-27)20-29(24-44)42(35)49-36-18-10-8-16-30(36)32-23-39-33(22-37(32)49)31-17-9-11-19-38(31)50-39/h2-23H. The van der Waals surface area contributed by atoms with Crippen molar-refractivity contribution in [1.82, 2.24) is 14.5 Å². The molecule has 0 spiro atoms. The van der Waals surface area contributed by atoms with Crippen LogP contribution in [0.4, 0.5) is 5.69 Å². The average molecular weight is 639 g/mol. The van der Waals surface area contributed by atoms with Crippen LogP contribution in [0.3, 0.4) is 0 Å². The van der Waals surface area contributed by atoms with Gasteiger partial charge < -0.3 is 8.98 Å². The van der Waals surface area contributed by atoms with Crippen LogP contribution < -0.4 is 0 Å². The summed E-state index contributed by atoms with van der Waals surface area (Å²) in [7, 11) is 0. The topological polar surface area (TPSA) is 95.8 Å². The summed E-state index contributed by atoms with van der Waals surface area (Å²) in [6.07, 6.45) is 0. The molecule has 3 heterocycles. The molecule has 3 aromatic heterocycles. The van der Waals surface area contributed by atoms with Crippen LogP contribution in [-0.4, -0.2) is 14.5 Å². The second kappa shape index (κ2) is 11.3. The fourth-order valence-corrected chi connectivity index (χ4v) is 6.89. The Morgan fingerprint density at radius 3 is 1.96 bits per heavy atom. The molecule has 0 amide bonds. The van der Waals surface area contributed by atoms with E-state index in [0.717, 1.165) is 54.9 Å². The van der Waals surface area contributed by atoms with E-state index >= 15 is 0 Å². The van der Waals surface area contributed by atoms with Gasteiger partial charge in [-0.3, -0.25) is 0 Å². The Morgan fingerprint density at radius 1 is 0.580 bits per heavy atom. The van der Waals surface area contributed by atoms with E-state index in [4.69, 9.17) is 21.0 Å². The van der Waals surface area contributed by atoms with Crippen molar-refractivity contribution >= 4 is 49.4 Å². The summed E-state index contributed by atoms with van der Waals surface area (Å²) in [5.74, 6) is 0.434. The summed E-state index contributed by atoms with van der Waals surface area (Å²) in [5.41, 5.74) is 7.34. The lowest BCUT2D eigenvalue weighted by molar-refractivity contribution is 0.669. The lowest BCUT2D eigenvalue weighted by atomic mass is 9.97. The Bertz CT molecular complexity index is 2920. The molecule has 0 atom stereocenters. The third-order valence-corrected chi connectivity index (χ3v) is 9.10. The molecule has 0 unspecified atom stereocenters. The molecule has 7 heteroatoms. The second-order valence-corrected chi connectivity index (χ2v) is 11.9. The molecule has 0 saturated carbocycles. The smallest absolute Gasteiger partial charge is 0.212 e. The first kappa shape index (κ1) is 28.7. The normalized spacial score (nSPS) is 11.1. The summed E-state index contributed by atoms with van der Waals surface area (Å²) in [4.78, 5) is 13.7. The van der Waals surface area contributed by atoms with Crippen molar-refractivity contribution in [1.29, 1.82) is 10.5 Å². The molecule has 230 valence electrons. The summed E-state index contributed by atoms with van der Waals surface area (Å²) in [6.45, 7) is 8.39. The second-order valence-electron chi connectivity index (χ2n) is 11.9. The first-order chi connectivity index (χ1) is 24.7. The Labute approximate surface area is 286 Å². The molecule has 9 rings (SSSR count). The van der Waals surface area contributed by atoms with Crippen molar-refractivity contribution in [3.05, 3.63) is 156 Å². The van der Waals surface area contributed by atoms with Crippen molar-refractivity contribution in [2.24, 2.45) is 0 Å². The number of para-hydroxylation sites is 2. The van der Waals surface area contributed by atoms with Gasteiger partial charge in [-0.05, 0) is 42.0 Å². The van der Waals surface area contributed by atoms with Gasteiger partial charge in [0.25, 0.3) is 0 Å². The molecule has 0 aliphatic heterocycles. The van der Waals surface area contributed by atoms with E-state index in [2.05, 4.69) is 23.0 Å². The maximum atomic E-state index is 10.7. The molecule has 6 aromatic carbocycles. The third-order valence-electron chi connectivity index (χ3n) is 9.10. The van der Waals surface area contributed by atoms with Crippen LogP contribution in [0, 0.1) is 29.2 Å². The Morgan fingerprint density at radius 2 is 1.24 bits per heavy atom. The molecular weight excluding hydrogens is 617 g/mol. The minimum atomic E-state index is 0.254. The summed E-state index contributed by atoms with van der Waals surface area (Å²) in [5, 5.41) is 25.1. The molecule has 9 aromatic rings. The van der Waals surface area contributed by atoms with Gasteiger partial charge in [0.15, 0.2) is 5.82 Å². The zero-order chi connectivity index (χ0) is 33.8.